The zero-order valence-electron chi connectivity index (χ0n) is 14.8. The lowest BCUT2D eigenvalue weighted by Gasteiger charge is -2.22. The van der Waals surface area contributed by atoms with E-state index in [1.54, 1.807) is 38.5 Å². The molecule has 0 fully saturated rings. The third kappa shape index (κ3) is 8.18. The molecule has 0 amide bonds. The molecule has 0 radical (unpaired) electrons. The van der Waals surface area contributed by atoms with E-state index in [0.29, 0.717) is 13.1 Å². The summed E-state index contributed by atoms with van der Waals surface area (Å²) in [5.41, 5.74) is 7.26. The van der Waals surface area contributed by atoms with Crippen molar-refractivity contribution in [1.29, 1.82) is 0 Å². The van der Waals surface area contributed by atoms with Crippen molar-refractivity contribution in [2.45, 2.75) is 32.3 Å². The van der Waals surface area contributed by atoms with E-state index in [1.807, 2.05) is 6.92 Å². The van der Waals surface area contributed by atoms with Gasteiger partial charge in [-0.3, -0.25) is 0 Å². The van der Waals surface area contributed by atoms with Gasteiger partial charge < -0.3 is 20.5 Å². The van der Waals surface area contributed by atoms with Gasteiger partial charge in [-0.15, -0.1) is 0 Å². The quantitative estimate of drug-likeness (QED) is 0.752. The number of ether oxygens (including phenoxy) is 2. The van der Waals surface area contributed by atoms with Crippen LogP contribution in [-0.4, -0.2) is 26.6 Å². The summed E-state index contributed by atoms with van der Waals surface area (Å²) in [4.78, 5) is 0. The molecule has 0 aliphatic heterocycles. The van der Waals surface area contributed by atoms with Crippen molar-refractivity contribution in [2.24, 2.45) is 5.73 Å². The number of rotatable bonds is 7. The van der Waals surface area contributed by atoms with Crippen LogP contribution in [0.4, 0.5) is 8.78 Å². The molecule has 0 saturated heterocycles. The van der Waals surface area contributed by atoms with Gasteiger partial charge in [-0.25, -0.2) is 8.78 Å². The van der Waals surface area contributed by atoms with Crippen LogP contribution < -0.4 is 11.1 Å². The Hall–Kier alpha value is -1.86. The minimum atomic E-state index is -0.277. The SMILES string of the molecule is COC(OC)C(C)NCc1ccc(F)cc1.NCc1ccc(F)cc1. The Bertz CT molecular complexity index is 587. The Morgan fingerprint density at radius 3 is 1.72 bits per heavy atom. The topological polar surface area (TPSA) is 56.5 Å². The van der Waals surface area contributed by atoms with Crippen molar-refractivity contribution in [3.05, 3.63) is 71.3 Å². The highest BCUT2D eigenvalue weighted by molar-refractivity contribution is 5.16. The molecule has 0 aliphatic rings. The monoisotopic (exact) mass is 352 g/mol. The third-order valence-electron chi connectivity index (χ3n) is 3.56. The average Bonchev–Trinajstić information content (AvgIpc) is 2.63. The van der Waals surface area contributed by atoms with Gasteiger partial charge in [-0.2, -0.15) is 0 Å². The lowest BCUT2D eigenvalue weighted by atomic mass is 10.2. The highest BCUT2D eigenvalue weighted by Gasteiger charge is 2.14. The molecule has 1 unspecified atom stereocenters. The van der Waals surface area contributed by atoms with Gasteiger partial charge in [0.15, 0.2) is 6.29 Å². The standard InChI is InChI=1S/C12H18FNO2.C7H8FN/c1-9(12(15-2)16-3)14-8-10-4-6-11(13)7-5-10;8-7-3-1-6(5-9)2-4-7/h4-7,9,12,14H,8H2,1-3H3;1-4H,5,9H2. The summed E-state index contributed by atoms with van der Waals surface area (Å²) in [6.45, 7) is 3.10. The van der Waals surface area contributed by atoms with E-state index in [4.69, 9.17) is 15.2 Å². The summed E-state index contributed by atoms with van der Waals surface area (Å²) in [6, 6.07) is 12.6. The Morgan fingerprint density at radius 2 is 1.32 bits per heavy atom. The molecule has 0 aliphatic carbocycles. The Labute approximate surface area is 147 Å². The molecule has 138 valence electrons. The second kappa shape index (κ2) is 11.7. The van der Waals surface area contributed by atoms with Crippen LogP contribution >= 0.6 is 0 Å². The summed E-state index contributed by atoms with van der Waals surface area (Å²) in [5.74, 6) is -0.435. The largest absolute Gasteiger partial charge is 0.354 e. The number of nitrogens with one attached hydrogen (secondary N) is 1. The van der Waals surface area contributed by atoms with Gasteiger partial charge in [0.25, 0.3) is 0 Å². The van der Waals surface area contributed by atoms with E-state index in [2.05, 4.69) is 5.32 Å². The number of nitrogens with two attached hydrogens (primary N) is 1. The van der Waals surface area contributed by atoms with Gasteiger partial charge in [-0.1, -0.05) is 24.3 Å². The van der Waals surface area contributed by atoms with Gasteiger partial charge in [0.05, 0.1) is 6.04 Å². The lowest BCUT2D eigenvalue weighted by molar-refractivity contribution is -0.119. The highest BCUT2D eigenvalue weighted by Crippen LogP contribution is 2.04. The van der Waals surface area contributed by atoms with Gasteiger partial charge >= 0.3 is 0 Å². The smallest absolute Gasteiger partial charge is 0.171 e. The van der Waals surface area contributed by atoms with Gasteiger partial charge in [0.2, 0.25) is 0 Å². The summed E-state index contributed by atoms with van der Waals surface area (Å²) in [5, 5.41) is 3.25. The van der Waals surface area contributed by atoms with Crippen LogP contribution in [0.1, 0.15) is 18.1 Å². The van der Waals surface area contributed by atoms with Crippen molar-refractivity contribution < 1.29 is 18.3 Å². The second-order valence-electron chi connectivity index (χ2n) is 5.47. The normalized spacial score (nSPS) is 11.8. The summed E-state index contributed by atoms with van der Waals surface area (Å²) >= 11 is 0. The van der Waals surface area contributed by atoms with Crippen LogP contribution in [0.2, 0.25) is 0 Å². The fourth-order valence-corrected chi connectivity index (χ4v) is 2.10. The molecular weight excluding hydrogens is 326 g/mol. The van der Waals surface area contributed by atoms with Crippen LogP contribution in [0.25, 0.3) is 0 Å². The number of methoxy groups -OCH3 is 2. The van der Waals surface area contributed by atoms with E-state index in [1.165, 1.54) is 24.3 Å². The molecule has 0 heterocycles. The second-order valence-corrected chi connectivity index (χ2v) is 5.47. The van der Waals surface area contributed by atoms with Crippen molar-refractivity contribution in [1.82, 2.24) is 5.32 Å². The summed E-state index contributed by atoms with van der Waals surface area (Å²) < 4.78 is 35.1. The molecule has 3 N–H and O–H groups in total. The molecule has 25 heavy (non-hydrogen) atoms. The maximum atomic E-state index is 12.7. The zero-order valence-corrected chi connectivity index (χ0v) is 14.8. The molecular formula is C19H26F2N2O2. The number of hydrogen-bond donors (Lipinski definition) is 2. The zero-order chi connectivity index (χ0) is 18.7. The van der Waals surface area contributed by atoms with Crippen LogP contribution in [0, 0.1) is 11.6 Å². The van der Waals surface area contributed by atoms with Crippen LogP contribution in [0.3, 0.4) is 0 Å². The molecule has 4 nitrogen and oxygen atoms in total. The first-order chi connectivity index (χ1) is 12.0. The van der Waals surface area contributed by atoms with Crippen LogP contribution in [0.15, 0.2) is 48.5 Å². The molecule has 2 aromatic rings. The summed E-state index contributed by atoms with van der Waals surface area (Å²) in [7, 11) is 3.20. The van der Waals surface area contributed by atoms with Gasteiger partial charge in [0, 0.05) is 27.3 Å². The van der Waals surface area contributed by atoms with Crippen molar-refractivity contribution in [3.63, 3.8) is 0 Å². The number of halogens is 2. The highest BCUT2D eigenvalue weighted by atomic mass is 19.1. The predicted molar refractivity (Wildman–Crippen MR) is 94.8 cm³/mol. The van der Waals surface area contributed by atoms with E-state index >= 15 is 0 Å². The molecule has 0 bridgehead atoms. The molecule has 2 aromatic carbocycles. The predicted octanol–water partition coefficient (Wildman–Crippen LogP) is 3.21. The molecule has 0 aromatic heterocycles. The maximum absolute atomic E-state index is 12.7. The van der Waals surface area contributed by atoms with E-state index in [-0.39, 0.29) is 24.0 Å². The van der Waals surface area contributed by atoms with Crippen molar-refractivity contribution in [3.8, 4) is 0 Å². The summed E-state index contributed by atoms with van der Waals surface area (Å²) in [6.07, 6.45) is -0.277. The van der Waals surface area contributed by atoms with Crippen molar-refractivity contribution >= 4 is 0 Å². The number of hydrogen-bond acceptors (Lipinski definition) is 4. The first kappa shape index (κ1) is 21.2. The molecule has 1 atom stereocenters. The van der Waals surface area contributed by atoms with E-state index < -0.39 is 0 Å². The molecule has 0 spiro atoms. The molecule has 0 saturated carbocycles. The first-order valence-corrected chi connectivity index (χ1v) is 7.98. The molecule has 2 rings (SSSR count). The lowest BCUT2D eigenvalue weighted by Crippen LogP contribution is -2.39. The van der Waals surface area contributed by atoms with Gasteiger partial charge in [-0.05, 0) is 42.3 Å². The fourth-order valence-electron chi connectivity index (χ4n) is 2.10. The van der Waals surface area contributed by atoms with E-state index in [9.17, 15) is 8.78 Å². The minimum absolute atomic E-state index is 0.0695. The van der Waals surface area contributed by atoms with Crippen LogP contribution in [0.5, 0.6) is 0 Å². The Morgan fingerprint density at radius 1 is 0.880 bits per heavy atom. The maximum Gasteiger partial charge on any atom is 0.171 e. The third-order valence-corrected chi connectivity index (χ3v) is 3.56. The fraction of sp³-hybridized carbons (Fsp3) is 0.368. The van der Waals surface area contributed by atoms with Crippen LogP contribution in [-0.2, 0) is 22.6 Å². The Kier molecular flexibility index (Phi) is 9.87. The number of benzene rings is 2. The molecule has 6 heteroatoms. The van der Waals surface area contributed by atoms with E-state index in [0.717, 1.165) is 11.1 Å². The first-order valence-electron chi connectivity index (χ1n) is 7.98. The van der Waals surface area contributed by atoms with Crippen molar-refractivity contribution in [2.75, 3.05) is 14.2 Å². The minimum Gasteiger partial charge on any atom is -0.354 e. The van der Waals surface area contributed by atoms with Gasteiger partial charge in [0.1, 0.15) is 11.6 Å². The Balaban J connectivity index is 0.000000293. The average molecular weight is 352 g/mol.